The van der Waals surface area contributed by atoms with Crippen LogP contribution in [0.15, 0.2) is 64.8 Å². The van der Waals surface area contributed by atoms with Gasteiger partial charge in [0, 0.05) is 38.0 Å². The molecule has 21 nitrogen and oxygen atoms in total. The van der Waals surface area contributed by atoms with E-state index in [1.54, 1.807) is 11.8 Å². The molecule has 2 unspecified atom stereocenters. The van der Waals surface area contributed by atoms with Crippen LogP contribution in [-0.4, -0.2) is 199 Å². The summed E-state index contributed by atoms with van der Waals surface area (Å²) in [5.41, 5.74) is 18.1. The molecule has 6 N–H and O–H groups in total. The molecule has 3 aromatic carbocycles. The highest BCUT2D eigenvalue weighted by Crippen LogP contribution is 2.27. The second-order valence-corrected chi connectivity index (χ2v) is 17.8. The molecule has 0 spiro atoms. The summed E-state index contributed by atoms with van der Waals surface area (Å²) in [6.07, 6.45) is 5.40. The summed E-state index contributed by atoms with van der Waals surface area (Å²) in [5, 5.41) is 7.56. The van der Waals surface area contributed by atoms with E-state index in [0.717, 1.165) is 29.5 Å². The van der Waals surface area contributed by atoms with Crippen LogP contribution in [0.1, 0.15) is 69.4 Å². The van der Waals surface area contributed by atoms with Crippen LogP contribution in [0.3, 0.4) is 0 Å². The van der Waals surface area contributed by atoms with Crippen LogP contribution >= 0.6 is 23.5 Å². The first-order valence-corrected chi connectivity index (χ1v) is 30.1. The fraction of sp³-hybridized carbons (Fsp3) is 0.596. The lowest BCUT2D eigenvalue weighted by Gasteiger charge is -2.22. The maximum atomic E-state index is 13.7. The number of carbonyl (C=O) groups excluding carboxylic acids is 3. The monoisotopic (exact) mass is 1240 g/mol. The zero-order valence-corrected chi connectivity index (χ0v) is 51.5. The van der Waals surface area contributed by atoms with Crippen molar-refractivity contribution >= 4 is 54.9 Å². The molecule has 84 heavy (non-hydrogen) atoms. The van der Waals surface area contributed by atoms with Gasteiger partial charge in [-0.15, -0.1) is 28.6 Å². The molecule has 3 rings (SSSR count). The fourth-order valence-corrected chi connectivity index (χ4v) is 6.84. The Labute approximate surface area is 502 Å². The van der Waals surface area contributed by atoms with E-state index in [2.05, 4.69) is 62.3 Å². The Morgan fingerprint density at radius 1 is 0.607 bits per heavy atom. The average Bonchev–Trinajstić information content (AvgIpc) is 3.58. The largest absolute Gasteiger partial charge is 0.465 e. The van der Waals surface area contributed by atoms with Gasteiger partial charge in [-0.25, -0.2) is 8.78 Å². The van der Waals surface area contributed by atoms with Gasteiger partial charge in [0.05, 0.1) is 131 Å². The number of carbonyl (C=O) groups is 3. The summed E-state index contributed by atoms with van der Waals surface area (Å²) in [4.78, 5) is 31.2. The summed E-state index contributed by atoms with van der Waals surface area (Å²) in [7, 11) is 0. The van der Waals surface area contributed by atoms with E-state index in [9.17, 15) is 22.4 Å². The minimum absolute atomic E-state index is 0.0220. The van der Waals surface area contributed by atoms with Crippen LogP contribution in [-0.2, 0) is 79.3 Å². The number of nitrogens with two attached hydrogens (primary N) is 3. The van der Waals surface area contributed by atoms with Gasteiger partial charge in [0.25, 0.3) is 0 Å². The van der Waals surface area contributed by atoms with Gasteiger partial charge in [-0.05, 0) is 61.1 Å². The summed E-state index contributed by atoms with van der Waals surface area (Å²) in [6.45, 7) is 22.2. The van der Waals surface area contributed by atoms with Crippen LogP contribution in [0.25, 0.3) is 0 Å². The van der Waals surface area contributed by atoms with Gasteiger partial charge in [-0.3, -0.25) is 25.0 Å². The second-order valence-electron chi connectivity index (χ2n) is 16.1. The van der Waals surface area contributed by atoms with Crippen molar-refractivity contribution in [3.8, 4) is 5.75 Å². The van der Waals surface area contributed by atoms with Crippen LogP contribution < -0.4 is 21.9 Å². The smallest absolute Gasteiger partial charge is 0.313 e. The quantitative estimate of drug-likeness (QED) is 0.00486. The van der Waals surface area contributed by atoms with E-state index in [0.29, 0.717) is 124 Å². The van der Waals surface area contributed by atoms with Crippen molar-refractivity contribution in [2.75, 3.05) is 157 Å². The van der Waals surface area contributed by atoms with E-state index in [4.69, 9.17) is 67.4 Å². The summed E-state index contributed by atoms with van der Waals surface area (Å²) in [6, 6.07) is 16.2. The van der Waals surface area contributed by atoms with Gasteiger partial charge in [-0.1, -0.05) is 64.1 Å². The number of esters is 1. The molecule has 0 bridgehead atoms. The highest BCUT2D eigenvalue weighted by molar-refractivity contribution is 7.99. The predicted molar refractivity (Wildman–Crippen MR) is 320 cm³/mol. The Kier molecular flexibility index (Phi) is 56.6. The standard InChI is InChI=1S/C51H74F4N4O13S2.2C2H6.2CH3NO/c1-39(71-51(56)74-4)42-9-5-40(6-10-42)13-19-61-25-31-67-34-28-64-22-16-59(18-24-66-30-36-69-33-27-63-21-15-46(60)72-49-47(54)44(52)37-45(53)48(49)55)17-23-65-29-35-68-32-26-62-20-14-41-7-11-43(12-8-41)50(58-57-2)70-38-73-3;2*1-2;2*2-1-3/h5-12,37,39,51H,2,13-36,38,56H2,1,3-4H3;2*1-2H3;2*1H,(H2,2,3)/b58-50-;;;;. The summed E-state index contributed by atoms with van der Waals surface area (Å²) >= 11 is 3.01. The fourth-order valence-electron chi connectivity index (χ4n) is 6.34. The van der Waals surface area contributed by atoms with E-state index in [1.807, 2.05) is 71.4 Å². The number of ether oxygens (including phenoxy) is 12. The van der Waals surface area contributed by atoms with E-state index >= 15 is 0 Å². The third kappa shape index (κ3) is 42.9. The number of hydrogen-bond donors (Lipinski definition) is 3. The lowest BCUT2D eigenvalue weighted by Crippen LogP contribution is -2.34. The first-order chi connectivity index (χ1) is 40.9. The number of rotatable bonds is 45. The first kappa shape index (κ1) is 81.2. The molecule has 0 radical (unpaired) electrons. The van der Waals surface area contributed by atoms with Crippen molar-refractivity contribution in [3.63, 3.8) is 0 Å². The molecule has 3 aromatic rings. The third-order valence-corrected chi connectivity index (χ3v) is 11.3. The van der Waals surface area contributed by atoms with Crippen LogP contribution in [0.5, 0.6) is 5.75 Å². The Balaban J connectivity index is 0. The van der Waals surface area contributed by atoms with E-state index in [1.165, 1.54) is 17.3 Å². The van der Waals surface area contributed by atoms with Gasteiger partial charge in [0.2, 0.25) is 36.1 Å². The highest BCUT2D eigenvalue weighted by Gasteiger charge is 2.23. The number of amides is 2. The molecule has 0 fully saturated rings. The molecule has 0 aliphatic carbocycles. The van der Waals surface area contributed by atoms with Crippen molar-refractivity contribution in [1.82, 2.24) is 4.90 Å². The molecule has 0 saturated carbocycles. The van der Waals surface area contributed by atoms with Gasteiger partial charge in [0.15, 0.2) is 17.2 Å². The van der Waals surface area contributed by atoms with Gasteiger partial charge in [0.1, 0.15) is 5.94 Å². The molecule has 27 heteroatoms. The summed E-state index contributed by atoms with van der Waals surface area (Å²) < 4.78 is 121. The Hall–Kier alpha value is -4.85. The Morgan fingerprint density at radius 2 is 0.976 bits per heavy atom. The first-order valence-electron chi connectivity index (χ1n) is 27.4. The van der Waals surface area contributed by atoms with Crippen LogP contribution in [0.2, 0.25) is 0 Å². The summed E-state index contributed by atoms with van der Waals surface area (Å²) in [5.74, 6) is -8.63. The zero-order chi connectivity index (χ0) is 62.9. The predicted octanol–water partition coefficient (Wildman–Crippen LogP) is 7.11. The minimum atomic E-state index is -1.80. The van der Waals surface area contributed by atoms with Crippen molar-refractivity contribution in [2.24, 2.45) is 27.4 Å². The van der Waals surface area contributed by atoms with Crippen molar-refractivity contribution in [2.45, 2.75) is 65.5 Å². The lowest BCUT2D eigenvalue weighted by atomic mass is 10.1. The zero-order valence-electron chi connectivity index (χ0n) is 49.9. The molecule has 0 heterocycles. The van der Waals surface area contributed by atoms with Crippen LogP contribution in [0.4, 0.5) is 17.6 Å². The SMILES string of the molecule is C=N/N=C(\OCSC)c1ccc(CCOCCOCCOCCN(CCOCCOCCOCCC(=O)Oc2c(F)c(F)cc(F)c2F)CCOCCOCCOCCc2ccc(C(C)OC(N)SC)cc2)cc1.CC.CC.NC=O.NC=O. The number of nitrogens with zero attached hydrogens (tertiary/aromatic N) is 3. The molecular formula is C57H92F4N6O15S2. The number of thioether (sulfide) groups is 2. The molecule has 0 saturated heterocycles. The van der Waals surface area contributed by atoms with E-state index in [-0.39, 0.29) is 57.0 Å². The van der Waals surface area contributed by atoms with Crippen molar-refractivity contribution < 1.29 is 88.8 Å². The van der Waals surface area contributed by atoms with Gasteiger partial charge >= 0.3 is 5.97 Å². The van der Waals surface area contributed by atoms with E-state index < -0.39 is 41.4 Å². The number of primary amides is 2. The minimum Gasteiger partial charge on any atom is -0.465 e. The maximum absolute atomic E-state index is 13.7. The lowest BCUT2D eigenvalue weighted by molar-refractivity contribution is -0.136. The molecule has 0 aliphatic heterocycles. The Morgan fingerprint density at radius 3 is 1.36 bits per heavy atom. The van der Waals surface area contributed by atoms with Crippen molar-refractivity contribution in [1.29, 1.82) is 0 Å². The molecule has 2 amide bonds. The van der Waals surface area contributed by atoms with Crippen LogP contribution in [0, 0.1) is 23.3 Å². The molecule has 0 aliphatic rings. The van der Waals surface area contributed by atoms with Gasteiger partial charge in [-0.2, -0.15) is 13.9 Å². The normalized spacial score (nSPS) is 11.6. The molecule has 0 aromatic heterocycles. The number of benzene rings is 3. The van der Waals surface area contributed by atoms with Gasteiger partial charge < -0.3 is 68.3 Å². The molecular weight excluding hydrogens is 1150 g/mol. The third-order valence-electron chi connectivity index (χ3n) is 10.4. The highest BCUT2D eigenvalue weighted by atomic mass is 32.2. The number of halogens is 4. The topological polar surface area (TPSA) is 268 Å². The second kappa shape index (κ2) is 58.5. The molecule has 2 atom stereocenters. The maximum Gasteiger partial charge on any atom is 0.313 e. The average molecular weight is 1240 g/mol. The molecule has 480 valence electrons. The Bertz CT molecular complexity index is 2070. The number of hydrogen-bond acceptors (Lipinski definition) is 21. The van der Waals surface area contributed by atoms with Crippen molar-refractivity contribution in [3.05, 3.63) is 100 Å².